The van der Waals surface area contributed by atoms with Crippen molar-refractivity contribution in [3.63, 3.8) is 0 Å². The number of anilines is 1. The Kier molecular flexibility index (Phi) is 3.08. The molecular weight excluding hydrogens is 210 g/mol. The first-order valence-electron chi connectivity index (χ1n) is 6.02. The van der Waals surface area contributed by atoms with Crippen LogP contribution in [0.4, 0.5) is 5.69 Å². The number of likely N-dealkylation sites (N-methyl/N-ethyl adjacent to an activating group) is 1. The minimum atomic E-state index is 0.0978. The molecule has 0 aromatic heterocycles. The number of rotatable bonds is 2. The molecule has 3 heteroatoms. The lowest BCUT2D eigenvalue weighted by molar-refractivity contribution is 0.487. The van der Waals surface area contributed by atoms with Crippen LogP contribution < -0.4 is 10.2 Å². The first kappa shape index (κ1) is 11.9. The van der Waals surface area contributed by atoms with E-state index >= 15 is 0 Å². The fourth-order valence-corrected chi connectivity index (χ4v) is 2.67. The van der Waals surface area contributed by atoms with Gasteiger partial charge in [0.1, 0.15) is 6.07 Å². The molecule has 1 heterocycles. The molecule has 2 rings (SSSR count). The molecule has 0 saturated carbocycles. The molecule has 1 aliphatic rings. The predicted molar refractivity (Wildman–Crippen MR) is 70.0 cm³/mol. The van der Waals surface area contributed by atoms with Crippen molar-refractivity contribution >= 4 is 5.69 Å². The maximum absolute atomic E-state index is 9.18. The van der Waals surface area contributed by atoms with E-state index < -0.39 is 0 Å². The summed E-state index contributed by atoms with van der Waals surface area (Å²) < 4.78 is 0. The van der Waals surface area contributed by atoms with E-state index in [9.17, 15) is 5.26 Å². The predicted octanol–water partition coefficient (Wildman–Crippen LogP) is 2.13. The number of benzene rings is 1. The fraction of sp³-hybridized carbons (Fsp3) is 0.500. The van der Waals surface area contributed by atoms with Gasteiger partial charge in [0.05, 0.1) is 11.3 Å². The summed E-state index contributed by atoms with van der Waals surface area (Å²) in [7, 11) is 2.00. The van der Waals surface area contributed by atoms with Gasteiger partial charge in [0.2, 0.25) is 0 Å². The van der Waals surface area contributed by atoms with E-state index in [2.05, 4.69) is 30.1 Å². The Bertz CT molecular complexity index is 445. The van der Waals surface area contributed by atoms with E-state index in [1.165, 1.54) is 0 Å². The molecule has 1 saturated heterocycles. The molecule has 0 amide bonds. The zero-order chi connectivity index (χ0) is 12.5. The third kappa shape index (κ3) is 2.13. The van der Waals surface area contributed by atoms with Gasteiger partial charge in [0, 0.05) is 18.1 Å². The smallest absolute Gasteiger partial charge is 0.101 e. The van der Waals surface area contributed by atoms with Crippen LogP contribution in [0.15, 0.2) is 24.3 Å². The Balaban J connectivity index is 2.37. The molecule has 17 heavy (non-hydrogen) atoms. The summed E-state index contributed by atoms with van der Waals surface area (Å²) in [6.07, 6.45) is 1.10. The molecule has 90 valence electrons. The van der Waals surface area contributed by atoms with Gasteiger partial charge in [-0.25, -0.2) is 0 Å². The van der Waals surface area contributed by atoms with Crippen LogP contribution in [0.3, 0.4) is 0 Å². The van der Waals surface area contributed by atoms with E-state index in [-0.39, 0.29) is 5.54 Å². The van der Waals surface area contributed by atoms with Crippen molar-refractivity contribution in [2.45, 2.75) is 31.8 Å². The van der Waals surface area contributed by atoms with Crippen LogP contribution in [-0.2, 0) is 0 Å². The van der Waals surface area contributed by atoms with Gasteiger partial charge in [-0.1, -0.05) is 12.1 Å². The van der Waals surface area contributed by atoms with E-state index in [0.717, 1.165) is 24.2 Å². The van der Waals surface area contributed by atoms with Gasteiger partial charge >= 0.3 is 0 Å². The molecule has 0 aliphatic carbocycles. The largest absolute Gasteiger partial charge is 0.364 e. The summed E-state index contributed by atoms with van der Waals surface area (Å²) >= 11 is 0. The van der Waals surface area contributed by atoms with Crippen molar-refractivity contribution in [3.05, 3.63) is 29.8 Å². The van der Waals surface area contributed by atoms with Gasteiger partial charge in [-0.2, -0.15) is 5.26 Å². The van der Waals surface area contributed by atoms with Gasteiger partial charge in [0.25, 0.3) is 0 Å². The lowest BCUT2D eigenvalue weighted by atomic mass is 9.99. The van der Waals surface area contributed by atoms with Crippen LogP contribution in [0.25, 0.3) is 0 Å². The minimum Gasteiger partial charge on any atom is -0.364 e. The summed E-state index contributed by atoms with van der Waals surface area (Å²) in [5, 5.41) is 12.5. The summed E-state index contributed by atoms with van der Waals surface area (Å²) in [6, 6.07) is 10.6. The Labute approximate surface area is 103 Å². The molecule has 0 spiro atoms. The first-order chi connectivity index (χ1) is 8.08. The lowest BCUT2D eigenvalue weighted by Gasteiger charge is -2.34. The van der Waals surface area contributed by atoms with E-state index in [1.54, 1.807) is 0 Å². The Morgan fingerprint density at radius 1 is 1.41 bits per heavy atom. The minimum absolute atomic E-state index is 0.0978. The highest BCUT2D eigenvalue weighted by atomic mass is 15.2. The summed E-state index contributed by atoms with van der Waals surface area (Å²) in [6.45, 7) is 5.43. The zero-order valence-corrected chi connectivity index (χ0v) is 10.7. The van der Waals surface area contributed by atoms with Crippen molar-refractivity contribution < 1.29 is 0 Å². The quantitative estimate of drug-likeness (QED) is 0.844. The van der Waals surface area contributed by atoms with Crippen LogP contribution >= 0.6 is 0 Å². The lowest BCUT2D eigenvalue weighted by Crippen LogP contribution is -2.38. The normalized spacial score (nSPS) is 22.5. The van der Waals surface area contributed by atoms with E-state index in [1.807, 2.05) is 31.3 Å². The molecule has 1 atom stereocenters. The maximum atomic E-state index is 9.18. The van der Waals surface area contributed by atoms with Gasteiger partial charge in [-0.05, 0) is 39.4 Å². The third-order valence-corrected chi connectivity index (χ3v) is 3.60. The van der Waals surface area contributed by atoms with Crippen LogP contribution in [-0.4, -0.2) is 25.2 Å². The van der Waals surface area contributed by atoms with Gasteiger partial charge in [0.15, 0.2) is 0 Å². The van der Waals surface area contributed by atoms with Gasteiger partial charge in [-0.3, -0.25) is 0 Å². The highest BCUT2D eigenvalue weighted by Gasteiger charge is 2.38. The molecule has 1 aromatic carbocycles. The molecule has 1 aromatic rings. The van der Waals surface area contributed by atoms with Crippen LogP contribution in [0, 0.1) is 11.3 Å². The van der Waals surface area contributed by atoms with Crippen molar-refractivity contribution in [1.29, 1.82) is 5.26 Å². The number of para-hydroxylation sites is 1. The molecule has 0 bridgehead atoms. The van der Waals surface area contributed by atoms with Crippen LogP contribution in [0.2, 0.25) is 0 Å². The number of hydrogen-bond acceptors (Lipinski definition) is 3. The fourth-order valence-electron chi connectivity index (χ4n) is 2.67. The second-order valence-electron chi connectivity index (χ2n) is 5.24. The SMILES string of the molecule is CNC1CN(c2ccccc2C#N)C(C)(C)C1. The number of nitrogens with zero attached hydrogens (tertiary/aromatic N) is 2. The monoisotopic (exact) mass is 229 g/mol. The second kappa shape index (κ2) is 4.38. The molecule has 1 fully saturated rings. The molecule has 1 unspecified atom stereocenters. The number of nitriles is 1. The van der Waals surface area contributed by atoms with E-state index in [4.69, 9.17) is 0 Å². The van der Waals surface area contributed by atoms with Crippen LogP contribution in [0.5, 0.6) is 0 Å². The highest BCUT2D eigenvalue weighted by molar-refractivity contribution is 5.61. The van der Waals surface area contributed by atoms with Crippen molar-refractivity contribution in [2.75, 3.05) is 18.5 Å². The molecular formula is C14H19N3. The van der Waals surface area contributed by atoms with Gasteiger partial charge < -0.3 is 10.2 Å². The summed E-state index contributed by atoms with van der Waals surface area (Å²) in [4.78, 5) is 2.34. The Morgan fingerprint density at radius 3 is 2.71 bits per heavy atom. The van der Waals surface area contributed by atoms with E-state index in [0.29, 0.717) is 6.04 Å². The highest BCUT2D eigenvalue weighted by Crippen LogP contribution is 2.35. The average Bonchev–Trinajstić information content (AvgIpc) is 2.64. The molecule has 1 N–H and O–H groups in total. The van der Waals surface area contributed by atoms with Crippen molar-refractivity contribution in [3.8, 4) is 6.07 Å². The first-order valence-corrected chi connectivity index (χ1v) is 6.02. The average molecular weight is 229 g/mol. The standard InChI is InChI=1S/C14H19N3/c1-14(2)8-12(16-3)10-17(14)13-7-5-4-6-11(13)9-15/h4-7,12,16H,8,10H2,1-3H3. The summed E-state index contributed by atoms with van der Waals surface area (Å²) in [5.41, 5.74) is 1.91. The van der Waals surface area contributed by atoms with Gasteiger partial charge in [-0.15, -0.1) is 0 Å². The van der Waals surface area contributed by atoms with Crippen molar-refractivity contribution in [2.24, 2.45) is 0 Å². The van der Waals surface area contributed by atoms with Crippen molar-refractivity contribution in [1.82, 2.24) is 5.32 Å². The number of hydrogen-bond donors (Lipinski definition) is 1. The number of nitrogens with one attached hydrogen (secondary N) is 1. The Hall–Kier alpha value is -1.53. The third-order valence-electron chi connectivity index (χ3n) is 3.60. The zero-order valence-electron chi connectivity index (χ0n) is 10.7. The Morgan fingerprint density at radius 2 is 2.12 bits per heavy atom. The topological polar surface area (TPSA) is 39.1 Å². The van der Waals surface area contributed by atoms with Crippen LogP contribution in [0.1, 0.15) is 25.8 Å². The summed E-state index contributed by atoms with van der Waals surface area (Å²) in [5.74, 6) is 0. The molecule has 3 nitrogen and oxygen atoms in total. The molecule has 1 aliphatic heterocycles. The molecule has 0 radical (unpaired) electrons. The maximum Gasteiger partial charge on any atom is 0.101 e. The second-order valence-corrected chi connectivity index (χ2v) is 5.24.